The van der Waals surface area contributed by atoms with Gasteiger partial charge in [0.15, 0.2) is 6.29 Å². The summed E-state index contributed by atoms with van der Waals surface area (Å²) < 4.78 is 6.93. The Kier molecular flexibility index (Phi) is 3.17. The van der Waals surface area contributed by atoms with Crippen LogP contribution in [0.1, 0.15) is 16.1 Å². The molecule has 2 rings (SSSR count). The lowest BCUT2D eigenvalue weighted by atomic mass is 10.2. The Morgan fingerprint density at radius 1 is 1.31 bits per heavy atom. The van der Waals surface area contributed by atoms with Crippen LogP contribution in [-0.4, -0.2) is 18.0 Å². The van der Waals surface area contributed by atoms with Gasteiger partial charge in [-0.3, -0.25) is 4.79 Å². The Morgan fingerprint density at radius 3 is 2.94 bits per heavy atom. The fraction of sp³-hybridized carbons (Fsp3) is 0.154. The highest BCUT2D eigenvalue weighted by Gasteiger charge is 2.02. The number of ether oxygens (including phenoxy) is 1. The van der Waals surface area contributed by atoms with Gasteiger partial charge in [0.2, 0.25) is 0 Å². The standard InChI is InChI=1S/C13H13NO2/c1-16-10-11-4-2-5-12(8-11)14-7-3-6-13(14)9-15/h2-9H,10H2,1H3. The second-order valence-corrected chi connectivity index (χ2v) is 3.52. The van der Waals surface area contributed by atoms with Crippen molar-refractivity contribution in [2.75, 3.05) is 7.11 Å². The third kappa shape index (κ3) is 2.04. The van der Waals surface area contributed by atoms with Crippen LogP contribution in [0.3, 0.4) is 0 Å². The van der Waals surface area contributed by atoms with Crippen molar-refractivity contribution in [3.8, 4) is 5.69 Å². The van der Waals surface area contributed by atoms with Gasteiger partial charge in [-0.15, -0.1) is 0 Å². The first kappa shape index (κ1) is 10.6. The van der Waals surface area contributed by atoms with Gasteiger partial charge in [0.25, 0.3) is 0 Å². The molecule has 82 valence electrons. The summed E-state index contributed by atoms with van der Waals surface area (Å²) in [4.78, 5) is 10.8. The molecule has 1 heterocycles. The van der Waals surface area contributed by atoms with Crippen molar-refractivity contribution in [1.82, 2.24) is 4.57 Å². The minimum atomic E-state index is 0.575. The van der Waals surface area contributed by atoms with Crippen molar-refractivity contribution in [3.63, 3.8) is 0 Å². The zero-order valence-electron chi connectivity index (χ0n) is 9.09. The number of nitrogens with zero attached hydrogens (tertiary/aromatic N) is 1. The number of methoxy groups -OCH3 is 1. The molecule has 1 aromatic carbocycles. The van der Waals surface area contributed by atoms with Crippen LogP contribution in [0.25, 0.3) is 5.69 Å². The number of hydrogen-bond donors (Lipinski definition) is 0. The molecule has 0 aliphatic heterocycles. The zero-order valence-corrected chi connectivity index (χ0v) is 9.09. The van der Waals surface area contributed by atoms with Gasteiger partial charge >= 0.3 is 0 Å². The molecule has 0 spiro atoms. The van der Waals surface area contributed by atoms with Gasteiger partial charge in [-0.05, 0) is 29.8 Å². The normalized spacial score (nSPS) is 10.3. The molecule has 0 bridgehead atoms. The van der Waals surface area contributed by atoms with Crippen LogP contribution in [-0.2, 0) is 11.3 Å². The number of carbonyl (C=O) groups excluding carboxylic acids is 1. The first-order valence-electron chi connectivity index (χ1n) is 5.06. The Labute approximate surface area is 94.3 Å². The molecule has 0 aliphatic carbocycles. The third-order valence-electron chi connectivity index (χ3n) is 2.40. The van der Waals surface area contributed by atoms with E-state index in [2.05, 4.69) is 0 Å². The van der Waals surface area contributed by atoms with E-state index in [1.54, 1.807) is 13.2 Å². The molecule has 0 aliphatic rings. The van der Waals surface area contributed by atoms with Gasteiger partial charge < -0.3 is 9.30 Å². The quantitative estimate of drug-likeness (QED) is 0.733. The number of hydrogen-bond acceptors (Lipinski definition) is 2. The van der Waals surface area contributed by atoms with E-state index in [0.717, 1.165) is 17.5 Å². The van der Waals surface area contributed by atoms with Gasteiger partial charge in [-0.1, -0.05) is 12.1 Å². The van der Waals surface area contributed by atoms with Gasteiger partial charge in [0.05, 0.1) is 12.3 Å². The number of aromatic nitrogens is 1. The van der Waals surface area contributed by atoms with E-state index >= 15 is 0 Å². The molecule has 16 heavy (non-hydrogen) atoms. The lowest BCUT2D eigenvalue weighted by molar-refractivity contribution is 0.111. The minimum Gasteiger partial charge on any atom is -0.380 e. The highest BCUT2D eigenvalue weighted by Crippen LogP contribution is 2.14. The number of rotatable bonds is 4. The molecule has 0 unspecified atom stereocenters. The predicted octanol–water partition coefficient (Wildman–Crippen LogP) is 2.44. The summed E-state index contributed by atoms with van der Waals surface area (Å²) in [5, 5.41) is 0. The number of aldehydes is 1. The van der Waals surface area contributed by atoms with E-state index in [0.29, 0.717) is 12.3 Å². The van der Waals surface area contributed by atoms with Crippen molar-refractivity contribution in [1.29, 1.82) is 0 Å². The second kappa shape index (κ2) is 4.77. The fourth-order valence-corrected chi connectivity index (χ4v) is 1.69. The topological polar surface area (TPSA) is 31.2 Å². The molecule has 0 saturated heterocycles. The molecule has 0 amide bonds. The zero-order chi connectivity index (χ0) is 11.4. The van der Waals surface area contributed by atoms with Gasteiger partial charge in [0, 0.05) is 19.0 Å². The maximum Gasteiger partial charge on any atom is 0.166 e. The van der Waals surface area contributed by atoms with E-state index in [4.69, 9.17) is 4.74 Å². The highest BCUT2D eigenvalue weighted by molar-refractivity contribution is 5.73. The SMILES string of the molecule is COCc1cccc(-n2cccc2C=O)c1. The molecule has 0 atom stereocenters. The molecule has 2 aromatic rings. The van der Waals surface area contributed by atoms with E-state index in [1.807, 2.05) is 41.1 Å². The maximum atomic E-state index is 10.8. The summed E-state index contributed by atoms with van der Waals surface area (Å²) in [7, 11) is 1.67. The summed E-state index contributed by atoms with van der Waals surface area (Å²) in [5.41, 5.74) is 2.71. The van der Waals surface area contributed by atoms with E-state index < -0.39 is 0 Å². The van der Waals surface area contributed by atoms with Crippen LogP contribution in [0.2, 0.25) is 0 Å². The van der Waals surface area contributed by atoms with Gasteiger partial charge in [-0.2, -0.15) is 0 Å². The summed E-state index contributed by atoms with van der Waals surface area (Å²) >= 11 is 0. The van der Waals surface area contributed by atoms with E-state index in [-0.39, 0.29) is 0 Å². The van der Waals surface area contributed by atoms with Crippen LogP contribution in [0, 0.1) is 0 Å². The smallest absolute Gasteiger partial charge is 0.166 e. The summed E-state index contributed by atoms with van der Waals surface area (Å²) in [5.74, 6) is 0. The van der Waals surface area contributed by atoms with Crippen LogP contribution in [0.15, 0.2) is 42.6 Å². The van der Waals surface area contributed by atoms with Crippen molar-refractivity contribution >= 4 is 6.29 Å². The average molecular weight is 215 g/mol. The monoisotopic (exact) mass is 215 g/mol. The lowest BCUT2D eigenvalue weighted by Crippen LogP contribution is -1.98. The Bertz CT molecular complexity index is 488. The molecular weight excluding hydrogens is 202 g/mol. The maximum absolute atomic E-state index is 10.8. The van der Waals surface area contributed by atoms with Crippen molar-refractivity contribution in [2.24, 2.45) is 0 Å². The van der Waals surface area contributed by atoms with E-state index in [1.165, 1.54) is 0 Å². The molecular formula is C13H13NO2. The largest absolute Gasteiger partial charge is 0.380 e. The Hall–Kier alpha value is -1.87. The van der Waals surface area contributed by atoms with Crippen LogP contribution >= 0.6 is 0 Å². The Morgan fingerprint density at radius 2 is 2.19 bits per heavy atom. The molecule has 3 heteroatoms. The van der Waals surface area contributed by atoms with E-state index in [9.17, 15) is 4.79 Å². The summed E-state index contributed by atoms with van der Waals surface area (Å²) in [6, 6.07) is 11.6. The summed E-state index contributed by atoms with van der Waals surface area (Å²) in [6.07, 6.45) is 2.72. The lowest BCUT2D eigenvalue weighted by Gasteiger charge is -2.07. The molecule has 0 N–H and O–H groups in total. The van der Waals surface area contributed by atoms with Crippen molar-refractivity contribution < 1.29 is 9.53 Å². The highest BCUT2D eigenvalue weighted by atomic mass is 16.5. The molecule has 3 nitrogen and oxygen atoms in total. The average Bonchev–Trinajstić information content (AvgIpc) is 2.78. The van der Waals surface area contributed by atoms with Gasteiger partial charge in [0.1, 0.15) is 0 Å². The van der Waals surface area contributed by atoms with Crippen molar-refractivity contribution in [3.05, 3.63) is 53.9 Å². The minimum absolute atomic E-state index is 0.575. The summed E-state index contributed by atoms with van der Waals surface area (Å²) in [6.45, 7) is 0.575. The van der Waals surface area contributed by atoms with Crippen LogP contribution in [0.4, 0.5) is 0 Å². The number of benzene rings is 1. The predicted molar refractivity (Wildman–Crippen MR) is 61.9 cm³/mol. The first-order chi connectivity index (χ1) is 7.85. The molecule has 0 saturated carbocycles. The third-order valence-corrected chi connectivity index (χ3v) is 2.40. The fourth-order valence-electron chi connectivity index (χ4n) is 1.69. The van der Waals surface area contributed by atoms with Gasteiger partial charge in [-0.25, -0.2) is 0 Å². The second-order valence-electron chi connectivity index (χ2n) is 3.52. The number of carbonyl (C=O) groups is 1. The van der Waals surface area contributed by atoms with Crippen LogP contribution in [0.5, 0.6) is 0 Å². The molecule has 1 aromatic heterocycles. The van der Waals surface area contributed by atoms with Crippen molar-refractivity contribution in [2.45, 2.75) is 6.61 Å². The Balaban J connectivity index is 2.40. The molecule has 0 fully saturated rings. The first-order valence-corrected chi connectivity index (χ1v) is 5.06. The molecule has 0 radical (unpaired) electrons. The van der Waals surface area contributed by atoms with Crippen LogP contribution < -0.4 is 0 Å².